The number of halogens is 1. The largest absolute Gasteiger partial charge is 0.370 e. The monoisotopic (exact) mass is 422 g/mol. The second-order valence-corrected chi connectivity index (χ2v) is 8.59. The van der Waals surface area contributed by atoms with Crippen LogP contribution in [-0.4, -0.2) is 53.7 Å². The number of nitrogens with one attached hydrogen (secondary N) is 3. The lowest BCUT2D eigenvalue weighted by atomic mass is 10.2. The number of rotatable bonds is 8. The minimum absolute atomic E-state index is 0.0757. The van der Waals surface area contributed by atoms with E-state index in [1.165, 1.54) is 47.4 Å². The number of anilines is 1. The van der Waals surface area contributed by atoms with Crippen LogP contribution in [0.15, 0.2) is 53.4 Å². The SMILES string of the molecule is O=C(Nc1ccc(S(=O)(=O)NCCC[NH+]2CCOCC2)cc1)c1ccccc1F. The number of sulfonamides is 1. The van der Waals surface area contributed by atoms with Crippen LogP contribution in [-0.2, 0) is 14.8 Å². The fraction of sp³-hybridized carbons (Fsp3) is 0.350. The molecule has 0 bridgehead atoms. The van der Waals surface area contributed by atoms with Gasteiger partial charge in [0.25, 0.3) is 5.91 Å². The molecule has 0 radical (unpaired) electrons. The molecule has 1 fully saturated rings. The van der Waals surface area contributed by atoms with Crippen molar-refractivity contribution in [1.82, 2.24) is 4.72 Å². The molecule has 9 heteroatoms. The Morgan fingerprint density at radius 3 is 2.45 bits per heavy atom. The van der Waals surface area contributed by atoms with Crippen molar-refractivity contribution in [3.8, 4) is 0 Å². The van der Waals surface area contributed by atoms with Crippen molar-refractivity contribution >= 4 is 21.6 Å². The summed E-state index contributed by atoms with van der Waals surface area (Å²) in [6, 6.07) is 11.4. The van der Waals surface area contributed by atoms with Crippen LogP contribution in [0.25, 0.3) is 0 Å². The van der Waals surface area contributed by atoms with E-state index in [2.05, 4.69) is 10.0 Å². The summed E-state index contributed by atoms with van der Waals surface area (Å²) in [4.78, 5) is 13.7. The van der Waals surface area contributed by atoms with E-state index in [-0.39, 0.29) is 10.5 Å². The second kappa shape index (κ2) is 9.93. The van der Waals surface area contributed by atoms with E-state index in [1.807, 2.05) is 0 Å². The molecular formula is C20H25FN3O4S+. The van der Waals surface area contributed by atoms with E-state index in [9.17, 15) is 17.6 Å². The van der Waals surface area contributed by atoms with Gasteiger partial charge in [0.05, 0.1) is 30.2 Å². The molecule has 1 saturated heterocycles. The Balaban J connectivity index is 1.51. The maximum Gasteiger partial charge on any atom is 0.258 e. The molecule has 2 aromatic carbocycles. The average molecular weight is 423 g/mol. The van der Waals surface area contributed by atoms with Crippen LogP contribution in [0.2, 0.25) is 0 Å². The highest BCUT2D eigenvalue weighted by Gasteiger charge is 2.16. The van der Waals surface area contributed by atoms with Gasteiger partial charge in [-0.15, -0.1) is 0 Å². The number of carbonyl (C=O) groups excluding carboxylic acids is 1. The maximum atomic E-state index is 13.7. The van der Waals surface area contributed by atoms with Gasteiger partial charge in [0.1, 0.15) is 18.9 Å². The minimum atomic E-state index is -3.62. The lowest BCUT2D eigenvalue weighted by molar-refractivity contribution is -0.908. The molecule has 0 aliphatic carbocycles. The first kappa shape index (κ1) is 21.4. The van der Waals surface area contributed by atoms with Gasteiger partial charge in [0.2, 0.25) is 10.0 Å². The number of hydrogen-bond donors (Lipinski definition) is 3. The Morgan fingerprint density at radius 2 is 1.76 bits per heavy atom. The van der Waals surface area contributed by atoms with Crippen molar-refractivity contribution < 1.29 is 27.2 Å². The molecule has 1 heterocycles. The van der Waals surface area contributed by atoms with Gasteiger partial charge < -0.3 is 15.0 Å². The number of benzene rings is 2. The molecular weight excluding hydrogens is 397 g/mol. The standard InChI is InChI=1S/C20H24FN3O4S/c21-19-5-2-1-4-18(19)20(25)23-16-6-8-17(9-7-16)29(26,27)22-10-3-11-24-12-14-28-15-13-24/h1-2,4-9,22H,3,10-15H2,(H,23,25)/p+1. The highest BCUT2D eigenvalue weighted by atomic mass is 32.2. The van der Waals surface area contributed by atoms with Gasteiger partial charge in [-0.25, -0.2) is 17.5 Å². The number of quaternary nitrogens is 1. The molecule has 0 aromatic heterocycles. The summed E-state index contributed by atoms with van der Waals surface area (Å²) in [7, 11) is -3.62. The Morgan fingerprint density at radius 1 is 1.07 bits per heavy atom. The predicted molar refractivity (Wildman–Crippen MR) is 107 cm³/mol. The van der Waals surface area contributed by atoms with Crippen molar-refractivity contribution in [3.05, 3.63) is 59.9 Å². The third kappa shape index (κ3) is 6.07. The minimum Gasteiger partial charge on any atom is -0.370 e. The van der Waals surface area contributed by atoms with Crippen LogP contribution in [0.3, 0.4) is 0 Å². The zero-order valence-corrected chi connectivity index (χ0v) is 16.8. The molecule has 1 aliphatic rings. The Bertz CT molecular complexity index is 929. The van der Waals surface area contributed by atoms with Crippen molar-refractivity contribution in [2.75, 3.05) is 44.7 Å². The normalized spacial score (nSPS) is 15.2. The van der Waals surface area contributed by atoms with Gasteiger partial charge in [-0.05, 0) is 36.4 Å². The average Bonchev–Trinajstić information content (AvgIpc) is 2.73. The van der Waals surface area contributed by atoms with Crippen LogP contribution in [0.5, 0.6) is 0 Å². The van der Waals surface area contributed by atoms with Gasteiger partial charge in [0, 0.05) is 18.7 Å². The molecule has 0 unspecified atom stereocenters. The lowest BCUT2D eigenvalue weighted by Gasteiger charge is -2.23. The summed E-state index contributed by atoms with van der Waals surface area (Å²) in [5.41, 5.74) is 0.307. The van der Waals surface area contributed by atoms with Crippen molar-refractivity contribution in [3.63, 3.8) is 0 Å². The van der Waals surface area contributed by atoms with E-state index in [1.54, 1.807) is 6.07 Å². The maximum absolute atomic E-state index is 13.7. The Kier molecular flexibility index (Phi) is 7.32. The van der Waals surface area contributed by atoms with E-state index in [4.69, 9.17) is 4.74 Å². The van der Waals surface area contributed by atoms with E-state index in [0.717, 1.165) is 39.3 Å². The molecule has 3 N–H and O–H groups in total. The molecule has 1 aliphatic heterocycles. The first-order valence-electron chi connectivity index (χ1n) is 9.52. The van der Waals surface area contributed by atoms with Gasteiger partial charge in [-0.1, -0.05) is 12.1 Å². The van der Waals surface area contributed by atoms with Gasteiger partial charge in [0.15, 0.2) is 0 Å². The molecule has 2 aromatic rings. The van der Waals surface area contributed by atoms with Gasteiger partial charge in [-0.2, -0.15) is 0 Å². The summed E-state index contributed by atoms with van der Waals surface area (Å²) in [5, 5.41) is 2.56. The van der Waals surface area contributed by atoms with E-state index >= 15 is 0 Å². The van der Waals surface area contributed by atoms with Crippen LogP contribution >= 0.6 is 0 Å². The zero-order valence-electron chi connectivity index (χ0n) is 16.0. The Labute approximate surface area is 169 Å². The van der Waals surface area contributed by atoms with Crippen LogP contribution < -0.4 is 14.9 Å². The van der Waals surface area contributed by atoms with E-state index < -0.39 is 21.7 Å². The van der Waals surface area contributed by atoms with Crippen molar-refractivity contribution in [2.45, 2.75) is 11.3 Å². The number of carbonyl (C=O) groups is 1. The first-order chi connectivity index (χ1) is 14.0. The molecule has 29 heavy (non-hydrogen) atoms. The summed E-state index contributed by atoms with van der Waals surface area (Å²) in [6.07, 6.45) is 0.741. The fourth-order valence-electron chi connectivity index (χ4n) is 3.10. The highest BCUT2D eigenvalue weighted by Crippen LogP contribution is 2.16. The number of morpholine rings is 1. The number of ether oxygens (including phenoxy) is 1. The smallest absolute Gasteiger partial charge is 0.258 e. The predicted octanol–water partition coefficient (Wildman–Crippen LogP) is 0.662. The summed E-state index contributed by atoms with van der Waals surface area (Å²) < 4.78 is 46.4. The number of amides is 1. The molecule has 0 spiro atoms. The molecule has 1 amide bonds. The lowest BCUT2D eigenvalue weighted by Crippen LogP contribution is -3.14. The molecule has 0 atom stereocenters. The fourth-order valence-corrected chi connectivity index (χ4v) is 4.17. The van der Waals surface area contributed by atoms with Crippen LogP contribution in [0.1, 0.15) is 16.8 Å². The topological polar surface area (TPSA) is 88.9 Å². The summed E-state index contributed by atoms with van der Waals surface area (Å²) >= 11 is 0. The van der Waals surface area contributed by atoms with Gasteiger partial charge >= 0.3 is 0 Å². The Hall–Kier alpha value is -2.33. The third-order valence-electron chi connectivity index (χ3n) is 4.74. The third-order valence-corrected chi connectivity index (χ3v) is 6.22. The first-order valence-corrected chi connectivity index (χ1v) is 11.0. The quantitative estimate of drug-likeness (QED) is 0.546. The second-order valence-electron chi connectivity index (χ2n) is 6.82. The highest BCUT2D eigenvalue weighted by molar-refractivity contribution is 7.89. The molecule has 3 rings (SSSR count). The number of hydrogen-bond acceptors (Lipinski definition) is 4. The molecule has 156 valence electrons. The van der Waals surface area contributed by atoms with E-state index in [0.29, 0.717) is 12.2 Å². The van der Waals surface area contributed by atoms with Crippen LogP contribution in [0.4, 0.5) is 10.1 Å². The van der Waals surface area contributed by atoms with Crippen LogP contribution in [0, 0.1) is 5.82 Å². The summed E-state index contributed by atoms with van der Waals surface area (Å²) in [6.45, 7) is 4.66. The zero-order chi connectivity index (χ0) is 20.7. The summed E-state index contributed by atoms with van der Waals surface area (Å²) in [5.74, 6) is -1.21. The van der Waals surface area contributed by atoms with Crippen molar-refractivity contribution in [2.24, 2.45) is 0 Å². The van der Waals surface area contributed by atoms with Gasteiger partial charge in [-0.3, -0.25) is 4.79 Å². The van der Waals surface area contributed by atoms with Crippen molar-refractivity contribution in [1.29, 1.82) is 0 Å². The molecule has 0 saturated carbocycles. The molecule has 7 nitrogen and oxygen atoms in total.